The number of methoxy groups -OCH3 is 2. The van der Waals surface area contributed by atoms with Crippen molar-refractivity contribution >= 4 is 17.6 Å². The van der Waals surface area contributed by atoms with Crippen LogP contribution in [-0.2, 0) is 9.47 Å². The van der Waals surface area contributed by atoms with Gasteiger partial charge in [0.2, 0.25) is 0 Å². The van der Waals surface area contributed by atoms with Crippen LogP contribution in [0.15, 0.2) is 54.6 Å². The van der Waals surface area contributed by atoms with Crippen LogP contribution in [0.2, 0.25) is 0 Å². The fourth-order valence-electron chi connectivity index (χ4n) is 4.18. The number of nitrogens with one attached hydrogen (secondary N) is 1. The molecule has 2 aromatic rings. The Morgan fingerprint density at radius 1 is 1.00 bits per heavy atom. The SMILES string of the molecule is COC(=O)c1ccc([C@H]2Nc3c(C(=O)OC)cccc3[C@H]3C=CC[C@H]32)cc1. The van der Waals surface area contributed by atoms with Crippen molar-refractivity contribution < 1.29 is 19.1 Å². The topological polar surface area (TPSA) is 64.6 Å². The molecule has 1 N–H and O–H groups in total. The fraction of sp³-hybridized carbons (Fsp3) is 0.273. The smallest absolute Gasteiger partial charge is 0.339 e. The van der Waals surface area contributed by atoms with Crippen LogP contribution in [0.1, 0.15) is 50.2 Å². The lowest BCUT2D eigenvalue weighted by Gasteiger charge is -2.38. The maximum Gasteiger partial charge on any atom is 0.339 e. The summed E-state index contributed by atoms with van der Waals surface area (Å²) >= 11 is 0. The molecule has 5 nitrogen and oxygen atoms in total. The van der Waals surface area contributed by atoms with Crippen LogP contribution < -0.4 is 5.32 Å². The third-order valence-electron chi connectivity index (χ3n) is 5.49. The van der Waals surface area contributed by atoms with Gasteiger partial charge in [0.25, 0.3) is 0 Å². The number of rotatable bonds is 3. The normalized spacial score (nSPS) is 22.4. The number of carbonyl (C=O) groups excluding carboxylic acids is 2. The van der Waals surface area contributed by atoms with Crippen molar-refractivity contribution in [3.63, 3.8) is 0 Å². The van der Waals surface area contributed by atoms with Crippen molar-refractivity contribution in [1.29, 1.82) is 0 Å². The summed E-state index contributed by atoms with van der Waals surface area (Å²) in [6.45, 7) is 0. The Kier molecular flexibility index (Phi) is 4.44. The minimum atomic E-state index is -0.350. The minimum Gasteiger partial charge on any atom is -0.465 e. The van der Waals surface area contributed by atoms with Crippen molar-refractivity contribution in [1.82, 2.24) is 0 Å². The van der Waals surface area contributed by atoms with Gasteiger partial charge in [-0.25, -0.2) is 9.59 Å². The molecule has 0 radical (unpaired) electrons. The number of ether oxygens (including phenoxy) is 2. The molecule has 27 heavy (non-hydrogen) atoms. The van der Waals surface area contributed by atoms with Gasteiger partial charge in [0.1, 0.15) is 0 Å². The van der Waals surface area contributed by atoms with E-state index in [0.717, 1.165) is 23.2 Å². The van der Waals surface area contributed by atoms with Crippen LogP contribution in [0.25, 0.3) is 0 Å². The molecule has 2 aliphatic rings. The van der Waals surface area contributed by atoms with E-state index in [1.54, 1.807) is 18.2 Å². The largest absolute Gasteiger partial charge is 0.465 e. The van der Waals surface area contributed by atoms with Gasteiger partial charge in [-0.2, -0.15) is 0 Å². The Bertz CT molecular complexity index is 916. The lowest BCUT2D eigenvalue weighted by Crippen LogP contribution is -2.30. The van der Waals surface area contributed by atoms with E-state index in [0.29, 0.717) is 17.0 Å². The molecule has 4 rings (SSSR count). The highest BCUT2D eigenvalue weighted by Crippen LogP contribution is 2.50. The molecule has 1 aliphatic carbocycles. The Morgan fingerprint density at radius 3 is 2.44 bits per heavy atom. The molecule has 3 atom stereocenters. The molecule has 1 heterocycles. The Morgan fingerprint density at radius 2 is 1.74 bits per heavy atom. The molecule has 0 aromatic heterocycles. The van der Waals surface area contributed by atoms with E-state index in [2.05, 4.69) is 23.5 Å². The number of carbonyl (C=O) groups is 2. The first-order valence-corrected chi connectivity index (χ1v) is 8.96. The van der Waals surface area contributed by atoms with Gasteiger partial charge in [-0.05, 0) is 41.7 Å². The number of para-hydroxylation sites is 1. The van der Waals surface area contributed by atoms with Gasteiger partial charge >= 0.3 is 11.9 Å². The number of anilines is 1. The van der Waals surface area contributed by atoms with E-state index in [1.807, 2.05) is 18.2 Å². The standard InChI is InChI=1S/C22H21NO4/c1-26-21(24)14-11-9-13(10-12-14)19-16-6-3-5-15(16)17-7-4-8-18(20(17)23-19)22(25)27-2/h3-5,7-12,15-16,19,23H,6H2,1-2H3/t15-,16+,19+/m0/s1. The zero-order valence-corrected chi connectivity index (χ0v) is 15.3. The second-order valence-corrected chi connectivity index (χ2v) is 6.85. The number of fused-ring (bicyclic) bond motifs is 3. The summed E-state index contributed by atoms with van der Waals surface area (Å²) in [5, 5.41) is 3.57. The van der Waals surface area contributed by atoms with Crippen LogP contribution in [0.4, 0.5) is 5.69 Å². The average molecular weight is 363 g/mol. The lowest BCUT2D eigenvalue weighted by atomic mass is 9.76. The minimum absolute atomic E-state index is 0.0370. The first kappa shape index (κ1) is 17.3. The number of hydrogen-bond acceptors (Lipinski definition) is 5. The van der Waals surface area contributed by atoms with Crippen LogP contribution in [0, 0.1) is 5.92 Å². The van der Waals surface area contributed by atoms with Gasteiger partial charge in [0, 0.05) is 5.92 Å². The van der Waals surface area contributed by atoms with E-state index in [4.69, 9.17) is 9.47 Å². The third kappa shape index (κ3) is 2.89. The summed E-state index contributed by atoms with van der Waals surface area (Å²) in [5.41, 5.74) is 4.10. The second-order valence-electron chi connectivity index (χ2n) is 6.85. The summed E-state index contributed by atoms with van der Waals surface area (Å²) in [6, 6.07) is 13.3. The van der Waals surface area contributed by atoms with E-state index < -0.39 is 0 Å². The molecular formula is C22H21NO4. The molecule has 0 saturated heterocycles. The van der Waals surface area contributed by atoms with Crippen LogP contribution in [0.3, 0.4) is 0 Å². The maximum absolute atomic E-state index is 12.2. The predicted molar refractivity (Wildman–Crippen MR) is 102 cm³/mol. The lowest BCUT2D eigenvalue weighted by molar-refractivity contribution is 0.0592. The number of esters is 2. The number of allylic oxidation sites excluding steroid dienone is 2. The molecule has 0 spiro atoms. The van der Waals surface area contributed by atoms with Crippen molar-refractivity contribution in [3.05, 3.63) is 76.9 Å². The average Bonchev–Trinajstić information content (AvgIpc) is 3.22. The van der Waals surface area contributed by atoms with E-state index in [9.17, 15) is 9.59 Å². The molecular weight excluding hydrogens is 342 g/mol. The first-order chi connectivity index (χ1) is 13.1. The number of hydrogen-bond donors (Lipinski definition) is 1. The van der Waals surface area contributed by atoms with E-state index in [1.165, 1.54) is 14.2 Å². The molecule has 2 aromatic carbocycles. The highest BCUT2D eigenvalue weighted by molar-refractivity contribution is 5.97. The Labute approximate surface area is 158 Å². The van der Waals surface area contributed by atoms with E-state index >= 15 is 0 Å². The third-order valence-corrected chi connectivity index (χ3v) is 5.49. The van der Waals surface area contributed by atoms with Gasteiger partial charge in [-0.15, -0.1) is 0 Å². The molecule has 5 heteroatoms. The molecule has 1 aliphatic heterocycles. The first-order valence-electron chi connectivity index (χ1n) is 8.96. The van der Waals surface area contributed by atoms with Crippen molar-refractivity contribution in [3.8, 4) is 0 Å². The van der Waals surface area contributed by atoms with Crippen molar-refractivity contribution in [2.45, 2.75) is 18.4 Å². The summed E-state index contributed by atoms with van der Waals surface area (Å²) in [6.07, 6.45) is 5.39. The van der Waals surface area contributed by atoms with E-state index in [-0.39, 0.29) is 23.9 Å². The summed E-state index contributed by atoms with van der Waals surface area (Å²) < 4.78 is 9.74. The Hall–Kier alpha value is -3.08. The van der Waals surface area contributed by atoms with Crippen LogP contribution in [0.5, 0.6) is 0 Å². The molecule has 0 amide bonds. The van der Waals surface area contributed by atoms with Crippen molar-refractivity contribution in [2.75, 3.05) is 19.5 Å². The van der Waals surface area contributed by atoms with Gasteiger partial charge in [0.15, 0.2) is 0 Å². The Balaban J connectivity index is 1.74. The molecule has 0 unspecified atom stereocenters. The zero-order valence-electron chi connectivity index (χ0n) is 15.3. The van der Waals surface area contributed by atoms with Gasteiger partial charge < -0.3 is 14.8 Å². The zero-order chi connectivity index (χ0) is 19.0. The van der Waals surface area contributed by atoms with Crippen LogP contribution >= 0.6 is 0 Å². The fourth-order valence-corrected chi connectivity index (χ4v) is 4.18. The molecule has 0 saturated carbocycles. The van der Waals surface area contributed by atoms with Crippen LogP contribution in [-0.4, -0.2) is 26.2 Å². The predicted octanol–water partition coefficient (Wildman–Crippen LogP) is 4.09. The molecule has 138 valence electrons. The maximum atomic E-state index is 12.2. The quantitative estimate of drug-likeness (QED) is 0.657. The second kappa shape index (κ2) is 6.91. The summed E-state index contributed by atoms with van der Waals surface area (Å²) in [7, 11) is 2.77. The number of benzene rings is 2. The monoisotopic (exact) mass is 363 g/mol. The molecule has 0 bridgehead atoms. The summed E-state index contributed by atoms with van der Waals surface area (Å²) in [5.74, 6) is -0.0954. The van der Waals surface area contributed by atoms with Gasteiger partial charge in [-0.1, -0.05) is 36.4 Å². The van der Waals surface area contributed by atoms with Gasteiger partial charge in [0.05, 0.1) is 37.1 Å². The van der Waals surface area contributed by atoms with Crippen molar-refractivity contribution in [2.24, 2.45) is 5.92 Å². The molecule has 0 fully saturated rings. The highest BCUT2D eigenvalue weighted by atomic mass is 16.5. The highest BCUT2D eigenvalue weighted by Gasteiger charge is 2.39. The van der Waals surface area contributed by atoms with Gasteiger partial charge in [-0.3, -0.25) is 0 Å². The summed E-state index contributed by atoms with van der Waals surface area (Å²) in [4.78, 5) is 23.9.